The van der Waals surface area contributed by atoms with Gasteiger partial charge in [-0.2, -0.15) is 0 Å². The van der Waals surface area contributed by atoms with E-state index in [4.69, 9.17) is 0 Å². The summed E-state index contributed by atoms with van der Waals surface area (Å²) in [5.41, 5.74) is 1.14. The first-order valence-corrected chi connectivity index (χ1v) is 6.90. The van der Waals surface area contributed by atoms with E-state index >= 15 is 0 Å². The summed E-state index contributed by atoms with van der Waals surface area (Å²) in [6.07, 6.45) is 0. The molecular formula is C18H19NO2. The summed E-state index contributed by atoms with van der Waals surface area (Å²) in [5, 5.41) is 2.84. The molecule has 0 spiro atoms. The smallest absolute Gasteiger partial charge is 0.229 e. The Labute approximate surface area is 125 Å². The van der Waals surface area contributed by atoms with Crippen LogP contribution in [0.1, 0.15) is 36.7 Å². The van der Waals surface area contributed by atoms with E-state index in [-0.39, 0.29) is 11.7 Å². The quantitative estimate of drug-likeness (QED) is 0.867. The van der Waals surface area contributed by atoms with Gasteiger partial charge in [0.1, 0.15) is 0 Å². The fourth-order valence-electron chi connectivity index (χ4n) is 1.84. The largest absolute Gasteiger partial charge is 0.325 e. The van der Waals surface area contributed by atoms with Crippen LogP contribution >= 0.6 is 0 Å². The molecule has 0 aliphatic heterocycles. The fourth-order valence-corrected chi connectivity index (χ4v) is 1.84. The predicted molar refractivity (Wildman–Crippen MR) is 84.4 cm³/mol. The van der Waals surface area contributed by atoms with Crippen LogP contribution in [-0.4, -0.2) is 11.7 Å². The zero-order valence-electron chi connectivity index (χ0n) is 12.5. The Morgan fingerprint density at radius 3 is 2.05 bits per heavy atom. The van der Waals surface area contributed by atoms with Gasteiger partial charge in [-0.1, -0.05) is 63.2 Å². The van der Waals surface area contributed by atoms with E-state index in [9.17, 15) is 9.59 Å². The average molecular weight is 281 g/mol. The molecule has 3 heteroatoms. The van der Waals surface area contributed by atoms with Crippen molar-refractivity contribution in [3.05, 3.63) is 65.7 Å². The molecule has 0 heterocycles. The van der Waals surface area contributed by atoms with E-state index < -0.39 is 5.41 Å². The standard InChI is InChI=1S/C18H19NO2/c1-18(2,3)17(21)19-15-12-8-7-11-14(15)16(20)13-9-5-4-6-10-13/h4-12H,1-3H3,(H,19,21). The topological polar surface area (TPSA) is 46.2 Å². The maximum atomic E-state index is 12.5. The van der Waals surface area contributed by atoms with Crippen LogP contribution in [0.5, 0.6) is 0 Å². The number of ketones is 1. The molecule has 0 unspecified atom stereocenters. The van der Waals surface area contributed by atoms with Crippen molar-refractivity contribution in [1.29, 1.82) is 0 Å². The second-order valence-corrected chi connectivity index (χ2v) is 5.94. The number of carbonyl (C=O) groups is 2. The molecule has 0 radical (unpaired) electrons. The maximum absolute atomic E-state index is 12.5. The van der Waals surface area contributed by atoms with Crippen molar-refractivity contribution in [2.75, 3.05) is 5.32 Å². The van der Waals surface area contributed by atoms with Crippen molar-refractivity contribution >= 4 is 17.4 Å². The summed E-state index contributed by atoms with van der Waals surface area (Å²) in [6, 6.07) is 16.1. The van der Waals surface area contributed by atoms with Gasteiger partial charge in [-0.15, -0.1) is 0 Å². The van der Waals surface area contributed by atoms with Crippen molar-refractivity contribution in [2.45, 2.75) is 20.8 Å². The number of rotatable bonds is 3. The molecule has 0 fully saturated rings. The number of nitrogens with one attached hydrogen (secondary N) is 1. The first kappa shape index (κ1) is 15.0. The Hall–Kier alpha value is -2.42. The van der Waals surface area contributed by atoms with E-state index in [1.807, 2.05) is 39.0 Å². The van der Waals surface area contributed by atoms with Gasteiger partial charge in [0.2, 0.25) is 5.91 Å². The number of hydrogen-bond acceptors (Lipinski definition) is 2. The molecule has 2 aromatic carbocycles. The lowest BCUT2D eigenvalue weighted by Gasteiger charge is -2.19. The second kappa shape index (κ2) is 5.92. The molecule has 0 aliphatic carbocycles. The lowest BCUT2D eigenvalue weighted by atomic mass is 9.95. The van der Waals surface area contributed by atoms with Crippen LogP contribution in [-0.2, 0) is 4.79 Å². The highest BCUT2D eigenvalue weighted by Gasteiger charge is 2.23. The van der Waals surface area contributed by atoms with Crippen LogP contribution < -0.4 is 5.32 Å². The second-order valence-electron chi connectivity index (χ2n) is 5.94. The molecule has 0 aliphatic rings. The van der Waals surface area contributed by atoms with Gasteiger partial charge in [-0.25, -0.2) is 0 Å². The summed E-state index contributed by atoms with van der Waals surface area (Å²) >= 11 is 0. The minimum absolute atomic E-state index is 0.0968. The molecule has 108 valence electrons. The van der Waals surface area contributed by atoms with Gasteiger partial charge in [-0.3, -0.25) is 9.59 Å². The van der Waals surface area contributed by atoms with Gasteiger partial charge >= 0.3 is 0 Å². The summed E-state index contributed by atoms with van der Waals surface area (Å²) in [7, 11) is 0. The summed E-state index contributed by atoms with van der Waals surface area (Å²) in [4.78, 5) is 24.7. The highest BCUT2D eigenvalue weighted by molar-refractivity contribution is 6.14. The Balaban J connectivity index is 2.34. The molecule has 0 saturated heterocycles. The zero-order valence-corrected chi connectivity index (χ0v) is 12.5. The highest BCUT2D eigenvalue weighted by Crippen LogP contribution is 2.22. The molecule has 0 saturated carbocycles. The molecular weight excluding hydrogens is 262 g/mol. The van der Waals surface area contributed by atoms with Gasteiger partial charge in [-0.05, 0) is 12.1 Å². The predicted octanol–water partition coefficient (Wildman–Crippen LogP) is 3.90. The number of benzene rings is 2. The molecule has 3 nitrogen and oxygen atoms in total. The molecule has 21 heavy (non-hydrogen) atoms. The zero-order chi connectivity index (χ0) is 15.5. The Kier molecular flexibility index (Phi) is 4.22. The van der Waals surface area contributed by atoms with Gasteiger partial charge in [0.25, 0.3) is 0 Å². The molecule has 0 aromatic heterocycles. The van der Waals surface area contributed by atoms with Gasteiger partial charge < -0.3 is 5.32 Å². The van der Waals surface area contributed by atoms with E-state index in [0.29, 0.717) is 16.8 Å². The lowest BCUT2D eigenvalue weighted by molar-refractivity contribution is -0.123. The summed E-state index contributed by atoms with van der Waals surface area (Å²) in [6.45, 7) is 5.51. The molecule has 1 amide bonds. The monoisotopic (exact) mass is 281 g/mol. The highest BCUT2D eigenvalue weighted by atomic mass is 16.2. The number of amides is 1. The Morgan fingerprint density at radius 2 is 1.43 bits per heavy atom. The van der Waals surface area contributed by atoms with Crippen LogP contribution in [0, 0.1) is 5.41 Å². The SMILES string of the molecule is CC(C)(C)C(=O)Nc1ccccc1C(=O)c1ccccc1. The lowest BCUT2D eigenvalue weighted by Crippen LogP contribution is -2.28. The maximum Gasteiger partial charge on any atom is 0.229 e. The van der Waals surface area contributed by atoms with Gasteiger partial charge in [0.05, 0.1) is 5.69 Å². The third-order valence-electron chi connectivity index (χ3n) is 3.14. The molecule has 1 N–H and O–H groups in total. The molecule has 0 bridgehead atoms. The van der Waals surface area contributed by atoms with E-state index in [1.54, 1.807) is 36.4 Å². The van der Waals surface area contributed by atoms with Crippen molar-refractivity contribution in [3.63, 3.8) is 0 Å². The van der Waals surface area contributed by atoms with Crippen LogP contribution in [0.3, 0.4) is 0 Å². The van der Waals surface area contributed by atoms with Crippen LogP contribution in [0.2, 0.25) is 0 Å². The van der Waals surface area contributed by atoms with Crippen LogP contribution in [0.15, 0.2) is 54.6 Å². The number of para-hydroxylation sites is 1. The number of anilines is 1. The van der Waals surface area contributed by atoms with Crippen LogP contribution in [0.25, 0.3) is 0 Å². The first-order valence-electron chi connectivity index (χ1n) is 6.90. The average Bonchev–Trinajstić information content (AvgIpc) is 2.47. The van der Waals surface area contributed by atoms with Gasteiger partial charge in [0.15, 0.2) is 5.78 Å². The molecule has 0 atom stereocenters. The fraction of sp³-hybridized carbons (Fsp3) is 0.222. The normalized spacial score (nSPS) is 11.0. The summed E-state index contributed by atoms with van der Waals surface area (Å²) < 4.78 is 0. The van der Waals surface area contributed by atoms with E-state index in [1.165, 1.54) is 0 Å². The minimum atomic E-state index is -0.511. The summed E-state index contributed by atoms with van der Waals surface area (Å²) in [5.74, 6) is -0.212. The number of hydrogen-bond donors (Lipinski definition) is 1. The Morgan fingerprint density at radius 1 is 0.857 bits per heavy atom. The molecule has 2 aromatic rings. The van der Waals surface area contributed by atoms with Crippen molar-refractivity contribution in [3.8, 4) is 0 Å². The van der Waals surface area contributed by atoms with Gasteiger partial charge in [0, 0.05) is 16.5 Å². The third kappa shape index (κ3) is 3.57. The van der Waals surface area contributed by atoms with Crippen molar-refractivity contribution in [2.24, 2.45) is 5.41 Å². The Bertz CT molecular complexity index is 654. The minimum Gasteiger partial charge on any atom is -0.325 e. The van der Waals surface area contributed by atoms with E-state index in [2.05, 4.69) is 5.32 Å². The van der Waals surface area contributed by atoms with Crippen LogP contribution in [0.4, 0.5) is 5.69 Å². The number of carbonyl (C=O) groups excluding carboxylic acids is 2. The van der Waals surface area contributed by atoms with Crippen molar-refractivity contribution in [1.82, 2.24) is 0 Å². The van der Waals surface area contributed by atoms with E-state index in [0.717, 1.165) is 0 Å². The third-order valence-corrected chi connectivity index (χ3v) is 3.14. The molecule has 2 rings (SSSR count). The first-order chi connectivity index (χ1) is 9.89. The van der Waals surface area contributed by atoms with Crippen molar-refractivity contribution < 1.29 is 9.59 Å².